The summed E-state index contributed by atoms with van der Waals surface area (Å²) < 4.78 is 0. The van der Waals surface area contributed by atoms with Gasteiger partial charge in [0, 0.05) is 20.7 Å². The molecule has 68 valence electrons. The standard InChI is InChI=1S/C5H12O.C3H7NO/c1-5(2)3-4-6;1-4(2)3-5/h5-6H,3-4H2,1-2H3;3H,1-2H3. The Morgan fingerprint density at radius 3 is 1.82 bits per heavy atom. The van der Waals surface area contributed by atoms with Crippen LogP contribution >= 0.6 is 0 Å². The summed E-state index contributed by atoms with van der Waals surface area (Å²) in [6.45, 7) is 4.52. The lowest BCUT2D eigenvalue weighted by Gasteiger charge is -1.95. The summed E-state index contributed by atoms with van der Waals surface area (Å²) in [5.74, 6) is 0.648. The predicted molar refractivity (Wildman–Crippen MR) is 46.3 cm³/mol. The van der Waals surface area contributed by atoms with Gasteiger partial charge >= 0.3 is 0 Å². The summed E-state index contributed by atoms with van der Waals surface area (Å²) >= 11 is 0. The molecular formula is C8H19NO2. The molecule has 0 aliphatic rings. The Morgan fingerprint density at radius 1 is 1.45 bits per heavy atom. The molecule has 0 radical (unpaired) electrons. The summed E-state index contributed by atoms with van der Waals surface area (Å²) in [5.41, 5.74) is 0. The van der Waals surface area contributed by atoms with E-state index in [4.69, 9.17) is 5.11 Å². The smallest absolute Gasteiger partial charge is 0.209 e. The molecule has 0 aromatic heterocycles. The molecule has 0 aromatic rings. The molecule has 11 heavy (non-hydrogen) atoms. The number of rotatable bonds is 3. The van der Waals surface area contributed by atoms with Crippen LogP contribution in [0, 0.1) is 5.92 Å². The monoisotopic (exact) mass is 161 g/mol. The van der Waals surface area contributed by atoms with E-state index in [-0.39, 0.29) is 0 Å². The lowest BCUT2D eigenvalue weighted by Crippen LogP contribution is -2.06. The number of nitrogens with zero attached hydrogens (tertiary/aromatic N) is 1. The van der Waals surface area contributed by atoms with E-state index >= 15 is 0 Å². The minimum atomic E-state index is 0.331. The van der Waals surface area contributed by atoms with Crippen molar-refractivity contribution < 1.29 is 9.90 Å². The predicted octanol–water partition coefficient (Wildman–Crippen LogP) is 0.729. The second kappa shape index (κ2) is 9.43. The fraction of sp³-hybridized carbons (Fsp3) is 0.875. The third kappa shape index (κ3) is 26.5. The van der Waals surface area contributed by atoms with Crippen LogP contribution < -0.4 is 0 Å². The lowest BCUT2D eigenvalue weighted by molar-refractivity contribution is -0.115. The van der Waals surface area contributed by atoms with Gasteiger partial charge in [-0.1, -0.05) is 13.8 Å². The summed E-state index contributed by atoms with van der Waals surface area (Å²) in [6, 6.07) is 0. The normalized spacial score (nSPS) is 8.55. The van der Waals surface area contributed by atoms with Crippen LogP contribution in [0.15, 0.2) is 0 Å². The van der Waals surface area contributed by atoms with Crippen LogP contribution in [0.25, 0.3) is 0 Å². The van der Waals surface area contributed by atoms with Gasteiger partial charge in [0.25, 0.3) is 0 Å². The maximum Gasteiger partial charge on any atom is 0.209 e. The van der Waals surface area contributed by atoms with E-state index in [0.717, 1.165) is 12.8 Å². The summed E-state index contributed by atoms with van der Waals surface area (Å²) in [5, 5.41) is 8.24. The van der Waals surface area contributed by atoms with Crippen LogP contribution in [0.3, 0.4) is 0 Å². The highest BCUT2D eigenvalue weighted by Crippen LogP contribution is 1.94. The summed E-state index contributed by atoms with van der Waals surface area (Å²) in [6.07, 6.45) is 1.68. The largest absolute Gasteiger partial charge is 0.396 e. The third-order valence-corrected chi connectivity index (χ3v) is 0.917. The van der Waals surface area contributed by atoms with E-state index < -0.39 is 0 Å². The number of amides is 1. The van der Waals surface area contributed by atoms with E-state index in [0.29, 0.717) is 12.5 Å². The maximum absolute atomic E-state index is 9.43. The fourth-order valence-corrected chi connectivity index (χ4v) is 0.258. The second-order valence-corrected chi connectivity index (χ2v) is 2.98. The number of aliphatic hydroxyl groups is 1. The number of aliphatic hydroxyl groups excluding tert-OH is 1. The van der Waals surface area contributed by atoms with Crippen molar-refractivity contribution in [3.05, 3.63) is 0 Å². The molecule has 0 saturated heterocycles. The van der Waals surface area contributed by atoms with Gasteiger partial charge in [0.05, 0.1) is 0 Å². The van der Waals surface area contributed by atoms with E-state index in [1.807, 2.05) is 0 Å². The van der Waals surface area contributed by atoms with Crippen LogP contribution in [0.2, 0.25) is 0 Å². The van der Waals surface area contributed by atoms with E-state index in [1.54, 1.807) is 14.1 Å². The molecule has 0 bridgehead atoms. The lowest BCUT2D eigenvalue weighted by atomic mass is 10.2. The van der Waals surface area contributed by atoms with Gasteiger partial charge in [-0.05, 0) is 12.3 Å². The number of carbonyl (C=O) groups excluding carboxylic acids is 1. The van der Waals surface area contributed by atoms with Crippen molar-refractivity contribution in [3.63, 3.8) is 0 Å². The quantitative estimate of drug-likeness (QED) is 0.620. The molecule has 0 atom stereocenters. The van der Waals surface area contributed by atoms with Crippen LogP contribution in [0.4, 0.5) is 0 Å². The summed E-state index contributed by atoms with van der Waals surface area (Å²) in [7, 11) is 3.38. The molecule has 0 spiro atoms. The van der Waals surface area contributed by atoms with Gasteiger partial charge < -0.3 is 10.0 Å². The minimum Gasteiger partial charge on any atom is -0.396 e. The maximum atomic E-state index is 9.43. The molecular weight excluding hydrogens is 142 g/mol. The van der Waals surface area contributed by atoms with Gasteiger partial charge in [-0.3, -0.25) is 4.79 Å². The van der Waals surface area contributed by atoms with Gasteiger partial charge in [-0.2, -0.15) is 0 Å². The van der Waals surface area contributed by atoms with E-state index in [9.17, 15) is 4.79 Å². The van der Waals surface area contributed by atoms with Crippen molar-refractivity contribution in [3.8, 4) is 0 Å². The number of hydrogen-bond acceptors (Lipinski definition) is 2. The molecule has 1 amide bonds. The first-order valence-electron chi connectivity index (χ1n) is 3.77. The zero-order chi connectivity index (χ0) is 9.28. The highest BCUT2D eigenvalue weighted by molar-refractivity contribution is 5.45. The van der Waals surface area contributed by atoms with Crippen LogP contribution in [0.5, 0.6) is 0 Å². The molecule has 0 fully saturated rings. The Morgan fingerprint density at radius 2 is 1.82 bits per heavy atom. The molecule has 0 rings (SSSR count). The number of carbonyl (C=O) groups is 1. The van der Waals surface area contributed by atoms with Gasteiger partial charge in [0.15, 0.2) is 0 Å². The highest BCUT2D eigenvalue weighted by Gasteiger charge is 1.86. The average molecular weight is 161 g/mol. The average Bonchev–Trinajstić information content (AvgIpc) is 1.89. The Balaban J connectivity index is 0. The molecule has 3 nitrogen and oxygen atoms in total. The zero-order valence-corrected chi connectivity index (χ0v) is 7.87. The highest BCUT2D eigenvalue weighted by atomic mass is 16.3. The molecule has 0 heterocycles. The molecule has 1 N–H and O–H groups in total. The second-order valence-electron chi connectivity index (χ2n) is 2.98. The van der Waals surface area contributed by atoms with Crippen molar-refractivity contribution in [1.82, 2.24) is 4.90 Å². The van der Waals surface area contributed by atoms with Crippen LogP contribution in [-0.4, -0.2) is 37.1 Å². The third-order valence-electron chi connectivity index (χ3n) is 0.917. The van der Waals surface area contributed by atoms with Crippen molar-refractivity contribution in [1.29, 1.82) is 0 Å². The van der Waals surface area contributed by atoms with Crippen molar-refractivity contribution in [2.75, 3.05) is 20.7 Å². The van der Waals surface area contributed by atoms with Gasteiger partial charge in [-0.15, -0.1) is 0 Å². The van der Waals surface area contributed by atoms with Crippen molar-refractivity contribution >= 4 is 6.41 Å². The van der Waals surface area contributed by atoms with E-state index in [2.05, 4.69) is 13.8 Å². The van der Waals surface area contributed by atoms with Gasteiger partial charge in [0.1, 0.15) is 0 Å². The molecule has 0 aliphatic heterocycles. The van der Waals surface area contributed by atoms with Crippen LogP contribution in [0.1, 0.15) is 20.3 Å². The molecule has 3 heteroatoms. The SMILES string of the molecule is CC(C)CCO.CN(C)C=O. The van der Waals surface area contributed by atoms with Crippen LogP contribution in [-0.2, 0) is 4.79 Å². The molecule has 0 saturated carbocycles. The molecule has 0 unspecified atom stereocenters. The number of hydrogen-bond donors (Lipinski definition) is 1. The first-order valence-corrected chi connectivity index (χ1v) is 3.77. The first-order chi connectivity index (χ1) is 5.04. The molecule has 0 aromatic carbocycles. The Hall–Kier alpha value is -0.570. The minimum absolute atomic E-state index is 0.331. The Kier molecular flexibility index (Phi) is 11.2. The van der Waals surface area contributed by atoms with Crippen molar-refractivity contribution in [2.24, 2.45) is 5.92 Å². The van der Waals surface area contributed by atoms with Crippen molar-refractivity contribution in [2.45, 2.75) is 20.3 Å². The van der Waals surface area contributed by atoms with E-state index in [1.165, 1.54) is 4.90 Å². The Bertz CT molecular complexity index is 82.2. The fourth-order valence-electron chi connectivity index (χ4n) is 0.258. The Labute approximate surface area is 69.0 Å². The summed E-state index contributed by atoms with van der Waals surface area (Å²) in [4.78, 5) is 10.9. The first kappa shape index (κ1) is 13.1. The molecule has 0 aliphatic carbocycles. The zero-order valence-electron chi connectivity index (χ0n) is 7.87. The van der Waals surface area contributed by atoms with Gasteiger partial charge in [-0.25, -0.2) is 0 Å². The van der Waals surface area contributed by atoms with Gasteiger partial charge in [0.2, 0.25) is 6.41 Å². The topological polar surface area (TPSA) is 40.5 Å².